The third-order valence-corrected chi connectivity index (χ3v) is 3.76. The average molecular weight is 182 g/mol. The molecule has 0 amide bonds. The van der Waals surface area contributed by atoms with E-state index in [9.17, 15) is 0 Å². The highest BCUT2D eigenvalue weighted by Gasteiger charge is 2.17. The Balaban J connectivity index is 2.28. The van der Waals surface area contributed by atoms with Gasteiger partial charge in [0.2, 0.25) is 0 Å². The van der Waals surface area contributed by atoms with E-state index in [1.165, 1.54) is 29.7 Å². The minimum atomic E-state index is 0.214. The van der Waals surface area contributed by atoms with Gasteiger partial charge in [0, 0.05) is 9.75 Å². The van der Waals surface area contributed by atoms with E-state index in [-0.39, 0.29) is 6.61 Å². The monoisotopic (exact) mass is 182 g/mol. The number of hydrogen-bond acceptors (Lipinski definition) is 2. The molecule has 2 heteroatoms. The molecule has 0 radical (unpaired) electrons. The quantitative estimate of drug-likeness (QED) is 0.707. The maximum Gasteiger partial charge on any atom is 0.0774 e. The van der Waals surface area contributed by atoms with Gasteiger partial charge in [-0.2, -0.15) is 0 Å². The zero-order chi connectivity index (χ0) is 8.55. The van der Waals surface area contributed by atoms with Crippen LogP contribution in [0.5, 0.6) is 0 Å². The van der Waals surface area contributed by atoms with Crippen LogP contribution in [0.2, 0.25) is 0 Å². The van der Waals surface area contributed by atoms with E-state index >= 15 is 0 Å². The molecule has 0 aromatic carbocycles. The molecule has 1 atom stereocenters. The molecule has 1 aromatic heterocycles. The maximum atomic E-state index is 8.96. The molecule has 1 aliphatic rings. The zero-order valence-corrected chi connectivity index (χ0v) is 8.16. The summed E-state index contributed by atoms with van der Waals surface area (Å²) in [5.41, 5.74) is 1.49. The van der Waals surface area contributed by atoms with Crippen molar-refractivity contribution in [3.05, 3.63) is 21.4 Å². The van der Waals surface area contributed by atoms with Gasteiger partial charge in [0.25, 0.3) is 0 Å². The first-order valence-corrected chi connectivity index (χ1v) is 5.32. The molecule has 12 heavy (non-hydrogen) atoms. The molecule has 2 rings (SSSR count). The fourth-order valence-electron chi connectivity index (χ4n) is 1.85. The van der Waals surface area contributed by atoms with Crippen molar-refractivity contribution in [3.8, 4) is 0 Å². The van der Waals surface area contributed by atoms with Gasteiger partial charge in [-0.25, -0.2) is 0 Å². The highest BCUT2D eigenvalue weighted by molar-refractivity contribution is 7.12. The topological polar surface area (TPSA) is 20.2 Å². The number of rotatable bonds is 1. The fourth-order valence-corrected chi connectivity index (χ4v) is 2.92. The van der Waals surface area contributed by atoms with E-state index in [1.54, 1.807) is 11.3 Å². The number of aliphatic hydroxyl groups excluding tert-OH is 1. The number of hydrogen-bond donors (Lipinski definition) is 1. The molecule has 0 aliphatic heterocycles. The van der Waals surface area contributed by atoms with Crippen molar-refractivity contribution in [1.29, 1.82) is 0 Å². The Kier molecular flexibility index (Phi) is 2.20. The smallest absolute Gasteiger partial charge is 0.0774 e. The first-order valence-electron chi connectivity index (χ1n) is 4.51. The van der Waals surface area contributed by atoms with Crippen LogP contribution in [0, 0.1) is 5.92 Å². The SMILES string of the molecule is CC1CCc2sc(CO)cc2C1. The third-order valence-electron chi connectivity index (χ3n) is 2.54. The van der Waals surface area contributed by atoms with Crippen LogP contribution in [0.15, 0.2) is 6.07 Å². The molecule has 1 aromatic rings. The van der Waals surface area contributed by atoms with Crippen LogP contribution in [-0.4, -0.2) is 5.11 Å². The largest absolute Gasteiger partial charge is 0.391 e. The molecular formula is C10H14OS. The van der Waals surface area contributed by atoms with E-state index in [1.807, 2.05) is 0 Å². The summed E-state index contributed by atoms with van der Waals surface area (Å²) in [6.07, 6.45) is 3.76. The fraction of sp³-hybridized carbons (Fsp3) is 0.600. The Morgan fingerprint density at radius 3 is 3.25 bits per heavy atom. The summed E-state index contributed by atoms with van der Waals surface area (Å²) in [4.78, 5) is 2.64. The molecule has 0 spiro atoms. The molecule has 0 fully saturated rings. The normalized spacial score (nSPS) is 22.3. The van der Waals surface area contributed by atoms with Crippen LogP contribution in [0.3, 0.4) is 0 Å². The van der Waals surface area contributed by atoms with Crippen LogP contribution in [0.25, 0.3) is 0 Å². The third kappa shape index (κ3) is 1.41. The van der Waals surface area contributed by atoms with Crippen molar-refractivity contribution in [2.24, 2.45) is 5.92 Å². The van der Waals surface area contributed by atoms with Crippen LogP contribution in [0.4, 0.5) is 0 Å². The van der Waals surface area contributed by atoms with Crippen LogP contribution in [0.1, 0.15) is 28.7 Å². The second-order valence-corrected chi connectivity index (χ2v) is 4.89. The van der Waals surface area contributed by atoms with E-state index in [4.69, 9.17) is 5.11 Å². The highest BCUT2D eigenvalue weighted by atomic mass is 32.1. The standard InChI is InChI=1S/C10H14OS/c1-7-2-3-10-8(4-7)5-9(6-11)12-10/h5,7,11H,2-4,6H2,1H3. The highest BCUT2D eigenvalue weighted by Crippen LogP contribution is 2.31. The summed E-state index contributed by atoms with van der Waals surface area (Å²) >= 11 is 1.79. The molecule has 1 unspecified atom stereocenters. The van der Waals surface area contributed by atoms with Gasteiger partial charge in [0.1, 0.15) is 0 Å². The lowest BCUT2D eigenvalue weighted by Crippen LogP contribution is -2.07. The first kappa shape index (κ1) is 8.27. The second-order valence-electron chi connectivity index (χ2n) is 3.67. The Morgan fingerprint density at radius 2 is 2.50 bits per heavy atom. The Bertz CT molecular complexity index is 277. The lowest BCUT2D eigenvalue weighted by atomic mass is 9.90. The van der Waals surface area contributed by atoms with Gasteiger partial charge >= 0.3 is 0 Å². The lowest BCUT2D eigenvalue weighted by Gasteiger charge is -2.17. The summed E-state index contributed by atoms with van der Waals surface area (Å²) in [7, 11) is 0. The van der Waals surface area contributed by atoms with Crippen LogP contribution in [-0.2, 0) is 19.4 Å². The van der Waals surface area contributed by atoms with Crippen molar-refractivity contribution < 1.29 is 5.11 Å². The van der Waals surface area contributed by atoms with E-state index in [0.717, 1.165) is 10.8 Å². The summed E-state index contributed by atoms with van der Waals surface area (Å²) in [5, 5.41) is 8.96. The van der Waals surface area contributed by atoms with E-state index in [0.29, 0.717) is 0 Å². The maximum absolute atomic E-state index is 8.96. The van der Waals surface area contributed by atoms with Crippen molar-refractivity contribution in [1.82, 2.24) is 0 Å². The zero-order valence-electron chi connectivity index (χ0n) is 7.34. The molecular weight excluding hydrogens is 168 g/mol. The predicted molar refractivity (Wildman–Crippen MR) is 51.4 cm³/mol. The Morgan fingerprint density at radius 1 is 1.67 bits per heavy atom. The van der Waals surface area contributed by atoms with Crippen molar-refractivity contribution >= 4 is 11.3 Å². The minimum absolute atomic E-state index is 0.214. The molecule has 1 heterocycles. The summed E-state index contributed by atoms with van der Waals surface area (Å²) in [6, 6.07) is 2.18. The molecule has 1 N–H and O–H groups in total. The van der Waals surface area contributed by atoms with Crippen molar-refractivity contribution in [2.45, 2.75) is 32.8 Å². The minimum Gasteiger partial charge on any atom is -0.391 e. The number of aryl methyl sites for hydroxylation is 1. The molecule has 0 bridgehead atoms. The van der Waals surface area contributed by atoms with Gasteiger partial charge in [0.05, 0.1) is 6.61 Å². The molecule has 0 saturated carbocycles. The molecule has 66 valence electrons. The molecule has 1 aliphatic carbocycles. The van der Waals surface area contributed by atoms with Gasteiger partial charge in [0.15, 0.2) is 0 Å². The van der Waals surface area contributed by atoms with E-state index in [2.05, 4.69) is 13.0 Å². The van der Waals surface area contributed by atoms with Gasteiger partial charge in [-0.3, -0.25) is 0 Å². The van der Waals surface area contributed by atoms with Crippen LogP contribution < -0.4 is 0 Å². The summed E-state index contributed by atoms with van der Waals surface area (Å²) < 4.78 is 0. The van der Waals surface area contributed by atoms with Crippen molar-refractivity contribution in [2.75, 3.05) is 0 Å². The Labute approximate surface area is 77.0 Å². The predicted octanol–water partition coefficient (Wildman–Crippen LogP) is 2.37. The second kappa shape index (κ2) is 3.19. The van der Waals surface area contributed by atoms with E-state index < -0.39 is 0 Å². The van der Waals surface area contributed by atoms with Crippen molar-refractivity contribution in [3.63, 3.8) is 0 Å². The number of aliphatic hydroxyl groups is 1. The number of fused-ring (bicyclic) bond motifs is 1. The average Bonchev–Trinajstić information content (AvgIpc) is 2.46. The summed E-state index contributed by atoms with van der Waals surface area (Å²) in [6.45, 7) is 2.52. The van der Waals surface area contributed by atoms with Gasteiger partial charge in [-0.15, -0.1) is 11.3 Å². The van der Waals surface area contributed by atoms with Gasteiger partial charge in [-0.1, -0.05) is 6.92 Å². The van der Waals surface area contributed by atoms with Gasteiger partial charge < -0.3 is 5.11 Å². The van der Waals surface area contributed by atoms with Crippen LogP contribution >= 0.6 is 11.3 Å². The molecule has 0 saturated heterocycles. The Hall–Kier alpha value is -0.340. The molecule has 1 nitrogen and oxygen atoms in total. The number of thiophene rings is 1. The van der Waals surface area contributed by atoms with Gasteiger partial charge in [-0.05, 0) is 36.8 Å². The first-order chi connectivity index (χ1) is 5.79. The lowest BCUT2D eigenvalue weighted by molar-refractivity contribution is 0.285. The summed E-state index contributed by atoms with van der Waals surface area (Å²) in [5.74, 6) is 0.832.